The van der Waals surface area contributed by atoms with Gasteiger partial charge in [-0.15, -0.1) is 0 Å². The molecular weight excluding hydrogens is 191 g/mol. The SMILES string of the molecule is CN(C)CCc1ccc2cccc(F)n12. The van der Waals surface area contributed by atoms with Crippen molar-refractivity contribution < 1.29 is 4.39 Å². The Morgan fingerprint density at radius 2 is 2.00 bits per heavy atom. The molecule has 2 nitrogen and oxygen atoms in total. The Labute approximate surface area is 88.9 Å². The van der Waals surface area contributed by atoms with Gasteiger partial charge in [0, 0.05) is 24.2 Å². The van der Waals surface area contributed by atoms with Crippen molar-refractivity contribution in [3.63, 3.8) is 0 Å². The summed E-state index contributed by atoms with van der Waals surface area (Å²) in [5.41, 5.74) is 1.94. The second-order valence-corrected chi connectivity index (χ2v) is 3.99. The summed E-state index contributed by atoms with van der Waals surface area (Å²) in [6.45, 7) is 0.931. The first-order chi connectivity index (χ1) is 7.18. The number of pyridine rings is 1. The Kier molecular flexibility index (Phi) is 2.73. The molecule has 0 saturated heterocycles. The molecule has 2 aromatic rings. The summed E-state index contributed by atoms with van der Waals surface area (Å²) < 4.78 is 15.2. The van der Waals surface area contributed by atoms with Gasteiger partial charge in [-0.2, -0.15) is 4.39 Å². The number of halogens is 1. The number of aromatic nitrogens is 1. The molecule has 0 aliphatic rings. The van der Waals surface area contributed by atoms with Gasteiger partial charge in [-0.05, 0) is 38.4 Å². The van der Waals surface area contributed by atoms with Crippen LogP contribution in [-0.4, -0.2) is 29.9 Å². The first-order valence-corrected chi connectivity index (χ1v) is 5.08. The summed E-state index contributed by atoms with van der Waals surface area (Å²) in [5, 5.41) is 0. The molecule has 0 spiro atoms. The maximum atomic E-state index is 13.6. The average Bonchev–Trinajstić information content (AvgIpc) is 2.59. The maximum absolute atomic E-state index is 13.6. The monoisotopic (exact) mass is 206 g/mol. The first kappa shape index (κ1) is 10.2. The lowest BCUT2D eigenvalue weighted by Crippen LogP contribution is -2.16. The van der Waals surface area contributed by atoms with Crippen LogP contribution in [0.2, 0.25) is 0 Å². The van der Waals surface area contributed by atoms with Crippen molar-refractivity contribution in [1.29, 1.82) is 0 Å². The van der Waals surface area contributed by atoms with Crippen molar-refractivity contribution in [1.82, 2.24) is 9.30 Å². The second-order valence-electron chi connectivity index (χ2n) is 3.99. The van der Waals surface area contributed by atoms with Crippen LogP contribution in [0, 0.1) is 5.95 Å². The summed E-state index contributed by atoms with van der Waals surface area (Å²) in [5.74, 6) is -0.189. The molecule has 0 amide bonds. The van der Waals surface area contributed by atoms with Gasteiger partial charge in [0.1, 0.15) is 0 Å². The van der Waals surface area contributed by atoms with Gasteiger partial charge in [-0.1, -0.05) is 6.07 Å². The van der Waals surface area contributed by atoms with Crippen molar-refractivity contribution in [2.45, 2.75) is 6.42 Å². The molecule has 0 N–H and O–H groups in total. The van der Waals surface area contributed by atoms with E-state index in [1.807, 2.05) is 32.3 Å². The summed E-state index contributed by atoms with van der Waals surface area (Å²) in [7, 11) is 4.04. The highest BCUT2D eigenvalue weighted by Crippen LogP contribution is 2.13. The summed E-state index contributed by atoms with van der Waals surface area (Å²) >= 11 is 0. The third-order valence-electron chi connectivity index (χ3n) is 2.52. The van der Waals surface area contributed by atoms with E-state index in [-0.39, 0.29) is 5.95 Å². The van der Waals surface area contributed by atoms with E-state index in [1.165, 1.54) is 6.07 Å². The summed E-state index contributed by atoms with van der Waals surface area (Å²) in [6.07, 6.45) is 0.863. The van der Waals surface area contributed by atoms with Crippen molar-refractivity contribution in [3.05, 3.63) is 42.0 Å². The Balaban J connectivity index is 2.35. The standard InChI is InChI=1S/C12H15FN2/c1-14(2)9-8-11-7-6-10-4-3-5-12(13)15(10)11/h3-7H,8-9H2,1-2H3. The zero-order chi connectivity index (χ0) is 10.8. The van der Waals surface area contributed by atoms with Crippen LogP contribution in [0.3, 0.4) is 0 Å². The van der Waals surface area contributed by atoms with Gasteiger partial charge in [-0.3, -0.25) is 4.40 Å². The molecule has 2 aromatic heterocycles. The smallest absolute Gasteiger partial charge is 0.198 e. The molecular formula is C12H15FN2. The van der Waals surface area contributed by atoms with Crippen LogP contribution < -0.4 is 0 Å². The number of hydrogen-bond donors (Lipinski definition) is 0. The lowest BCUT2D eigenvalue weighted by atomic mass is 10.3. The molecule has 0 bridgehead atoms. The van der Waals surface area contributed by atoms with Gasteiger partial charge in [0.25, 0.3) is 0 Å². The van der Waals surface area contributed by atoms with Gasteiger partial charge in [0.05, 0.1) is 0 Å². The van der Waals surface area contributed by atoms with E-state index in [0.29, 0.717) is 0 Å². The lowest BCUT2D eigenvalue weighted by molar-refractivity contribution is 0.409. The van der Waals surface area contributed by atoms with Crippen molar-refractivity contribution in [2.75, 3.05) is 20.6 Å². The minimum absolute atomic E-state index is 0.189. The summed E-state index contributed by atoms with van der Waals surface area (Å²) in [4.78, 5) is 2.10. The molecule has 0 saturated carbocycles. The maximum Gasteiger partial charge on any atom is 0.198 e. The van der Waals surface area contributed by atoms with Crippen molar-refractivity contribution in [3.8, 4) is 0 Å². The average molecular weight is 206 g/mol. The number of hydrogen-bond acceptors (Lipinski definition) is 1. The van der Waals surface area contributed by atoms with Crippen molar-refractivity contribution in [2.24, 2.45) is 0 Å². The normalized spacial score (nSPS) is 11.5. The third kappa shape index (κ3) is 2.02. The van der Waals surface area contributed by atoms with Gasteiger partial charge in [0.15, 0.2) is 5.95 Å². The molecule has 0 fully saturated rings. The molecule has 2 rings (SSSR count). The van der Waals surface area contributed by atoms with Crippen LogP contribution in [0.15, 0.2) is 30.3 Å². The van der Waals surface area contributed by atoms with Crippen LogP contribution in [-0.2, 0) is 6.42 Å². The van der Waals surface area contributed by atoms with Crippen LogP contribution in [0.5, 0.6) is 0 Å². The highest BCUT2D eigenvalue weighted by Gasteiger charge is 2.05. The topological polar surface area (TPSA) is 7.65 Å². The largest absolute Gasteiger partial charge is 0.309 e. The number of likely N-dealkylation sites (N-methyl/N-ethyl adjacent to an activating group) is 1. The third-order valence-corrected chi connectivity index (χ3v) is 2.52. The van der Waals surface area contributed by atoms with Crippen molar-refractivity contribution >= 4 is 5.52 Å². The van der Waals surface area contributed by atoms with Crippen LogP contribution >= 0.6 is 0 Å². The molecule has 0 atom stereocenters. The minimum Gasteiger partial charge on any atom is -0.309 e. The van der Waals surface area contributed by atoms with Crippen LogP contribution in [0.25, 0.3) is 5.52 Å². The van der Waals surface area contributed by atoms with E-state index in [1.54, 1.807) is 10.5 Å². The van der Waals surface area contributed by atoms with E-state index < -0.39 is 0 Å². The van der Waals surface area contributed by atoms with Gasteiger partial charge >= 0.3 is 0 Å². The Bertz CT molecular complexity index is 460. The quantitative estimate of drug-likeness (QED) is 0.698. The fraction of sp³-hybridized carbons (Fsp3) is 0.333. The highest BCUT2D eigenvalue weighted by atomic mass is 19.1. The van der Waals surface area contributed by atoms with E-state index in [9.17, 15) is 4.39 Å². The van der Waals surface area contributed by atoms with E-state index >= 15 is 0 Å². The highest BCUT2D eigenvalue weighted by molar-refractivity contribution is 5.49. The first-order valence-electron chi connectivity index (χ1n) is 5.08. The molecule has 2 heterocycles. The van der Waals surface area contributed by atoms with Gasteiger partial charge in [-0.25, -0.2) is 0 Å². The predicted molar refractivity (Wildman–Crippen MR) is 59.6 cm³/mol. The van der Waals surface area contributed by atoms with E-state index in [2.05, 4.69) is 4.90 Å². The fourth-order valence-electron chi connectivity index (χ4n) is 1.72. The fourth-order valence-corrected chi connectivity index (χ4v) is 1.72. The van der Waals surface area contributed by atoms with Gasteiger partial charge < -0.3 is 4.90 Å². The zero-order valence-electron chi connectivity index (χ0n) is 9.07. The van der Waals surface area contributed by atoms with Crippen LogP contribution in [0.4, 0.5) is 4.39 Å². The predicted octanol–water partition coefficient (Wildman–Crippen LogP) is 2.18. The second kappa shape index (κ2) is 4.03. The number of nitrogens with zero attached hydrogens (tertiary/aromatic N) is 2. The molecule has 15 heavy (non-hydrogen) atoms. The number of rotatable bonds is 3. The molecule has 3 heteroatoms. The Morgan fingerprint density at radius 3 is 2.73 bits per heavy atom. The summed E-state index contributed by atoms with van der Waals surface area (Å²) in [6, 6.07) is 9.09. The molecule has 0 radical (unpaired) electrons. The Morgan fingerprint density at radius 1 is 1.20 bits per heavy atom. The zero-order valence-corrected chi connectivity index (χ0v) is 9.07. The molecule has 0 unspecified atom stereocenters. The molecule has 0 aliphatic carbocycles. The minimum atomic E-state index is -0.189. The molecule has 0 aliphatic heterocycles. The lowest BCUT2D eigenvalue weighted by Gasteiger charge is -2.09. The molecule has 80 valence electrons. The Hall–Kier alpha value is -1.35. The molecule has 0 aromatic carbocycles. The van der Waals surface area contributed by atoms with Gasteiger partial charge in [0.2, 0.25) is 0 Å². The number of fused-ring (bicyclic) bond motifs is 1. The van der Waals surface area contributed by atoms with E-state index in [4.69, 9.17) is 0 Å². The van der Waals surface area contributed by atoms with E-state index in [0.717, 1.165) is 24.2 Å². The van der Waals surface area contributed by atoms with Crippen LogP contribution in [0.1, 0.15) is 5.69 Å².